The van der Waals surface area contributed by atoms with Crippen molar-refractivity contribution >= 4 is 17.3 Å². The van der Waals surface area contributed by atoms with Gasteiger partial charge in [0.1, 0.15) is 5.82 Å². The zero-order chi connectivity index (χ0) is 13.3. The molecule has 1 aliphatic heterocycles. The molecule has 1 N–H and O–H groups in total. The molecule has 0 unspecified atom stereocenters. The third-order valence-corrected chi connectivity index (χ3v) is 4.59. The lowest BCUT2D eigenvalue weighted by Crippen LogP contribution is -2.49. The van der Waals surface area contributed by atoms with Gasteiger partial charge >= 0.3 is 0 Å². The maximum absolute atomic E-state index is 13.5. The molecule has 4 heteroatoms. The lowest BCUT2D eigenvalue weighted by atomic mass is 9.97. The highest BCUT2D eigenvalue weighted by atomic mass is 35.5. The number of benzene rings is 1. The van der Waals surface area contributed by atoms with Crippen LogP contribution in [0.1, 0.15) is 32.1 Å². The highest BCUT2D eigenvalue weighted by Gasteiger charge is 2.36. The number of halogens is 2. The molecule has 2 fully saturated rings. The van der Waals surface area contributed by atoms with Gasteiger partial charge in [0.25, 0.3) is 0 Å². The van der Waals surface area contributed by atoms with Crippen molar-refractivity contribution in [2.75, 3.05) is 24.5 Å². The SMILES string of the molecule is Fc1cc(Cl)cc(N2CCCNC3(CCCC3)C2)c1. The van der Waals surface area contributed by atoms with Crippen LogP contribution in [0.5, 0.6) is 0 Å². The quantitative estimate of drug-likeness (QED) is 0.847. The smallest absolute Gasteiger partial charge is 0.126 e. The molecule has 104 valence electrons. The molecule has 1 saturated carbocycles. The molecule has 19 heavy (non-hydrogen) atoms. The summed E-state index contributed by atoms with van der Waals surface area (Å²) in [6.07, 6.45) is 6.14. The van der Waals surface area contributed by atoms with Crippen LogP contribution in [0.4, 0.5) is 10.1 Å². The molecule has 1 saturated heterocycles. The first-order valence-corrected chi connectivity index (χ1v) is 7.51. The summed E-state index contributed by atoms with van der Waals surface area (Å²) in [7, 11) is 0. The lowest BCUT2D eigenvalue weighted by Gasteiger charge is -2.34. The highest BCUT2D eigenvalue weighted by molar-refractivity contribution is 6.30. The van der Waals surface area contributed by atoms with E-state index in [-0.39, 0.29) is 11.4 Å². The van der Waals surface area contributed by atoms with E-state index in [0.29, 0.717) is 5.02 Å². The second-order valence-corrected chi connectivity index (χ2v) is 6.25. The van der Waals surface area contributed by atoms with Crippen molar-refractivity contribution in [1.82, 2.24) is 5.32 Å². The Labute approximate surface area is 118 Å². The van der Waals surface area contributed by atoms with E-state index in [0.717, 1.165) is 31.7 Å². The number of nitrogens with zero attached hydrogens (tertiary/aromatic N) is 1. The van der Waals surface area contributed by atoms with Crippen molar-refractivity contribution in [2.24, 2.45) is 0 Å². The van der Waals surface area contributed by atoms with Crippen molar-refractivity contribution in [1.29, 1.82) is 0 Å². The molecule has 1 heterocycles. The first-order chi connectivity index (χ1) is 9.17. The van der Waals surface area contributed by atoms with Crippen LogP contribution in [0.25, 0.3) is 0 Å². The van der Waals surface area contributed by atoms with Crippen LogP contribution < -0.4 is 10.2 Å². The molecule has 3 rings (SSSR count). The van der Waals surface area contributed by atoms with Gasteiger partial charge in [-0.1, -0.05) is 24.4 Å². The molecular formula is C15H20ClFN2. The van der Waals surface area contributed by atoms with E-state index < -0.39 is 0 Å². The van der Waals surface area contributed by atoms with E-state index >= 15 is 0 Å². The van der Waals surface area contributed by atoms with E-state index in [9.17, 15) is 4.39 Å². The molecule has 0 bridgehead atoms. The van der Waals surface area contributed by atoms with Gasteiger partial charge in [0, 0.05) is 29.3 Å². The Morgan fingerprint density at radius 3 is 2.68 bits per heavy atom. The molecule has 1 spiro atoms. The van der Waals surface area contributed by atoms with Crippen molar-refractivity contribution < 1.29 is 4.39 Å². The van der Waals surface area contributed by atoms with Crippen LogP contribution in [0, 0.1) is 5.82 Å². The van der Waals surface area contributed by atoms with Gasteiger partial charge in [0.15, 0.2) is 0 Å². The normalized spacial score (nSPS) is 22.7. The topological polar surface area (TPSA) is 15.3 Å². The van der Waals surface area contributed by atoms with Crippen molar-refractivity contribution in [3.8, 4) is 0 Å². The zero-order valence-electron chi connectivity index (χ0n) is 11.1. The molecule has 0 amide bonds. The van der Waals surface area contributed by atoms with Gasteiger partial charge in [0.2, 0.25) is 0 Å². The van der Waals surface area contributed by atoms with Gasteiger partial charge in [-0.25, -0.2) is 4.39 Å². The van der Waals surface area contributed by atoms with E-state index in [1.165, 1.54) is 31.7 Å². The van der Waals surface area contributed by atoms with Gasteiger partial charge < -0.3 is 10.2 Å². The summed E-state index contributed by atoms with van der Waals surface area (Å²) in [5.41, 5.74) is 1.15. The third-order valence-electron chi connectivity index (χ3n) is 4.37. The Morgan fingerprint density at radius 1 is 1.16 bits per heavy atom. The summed E-state index contributed by atoms with van der Waals surface area (Å²) < 4.78 is 13.5. The predicted molar refractivity (Wildman–Crippen MR) is 77.4 cm³/mol. The van der Waals surface area contributed by atoms with E-state index in [4.69, 9.17) is 11.6 Å². The monoisotopic (exact) mass is 282 g/mol. The second-order valence-electron chi connectivity index (χ2n) is 5.82. The Balaban J connectivity index is 1.86. The fraction of sp³-hybridized carbons (Fsp3) is 0.600. The van der Waals surface area contributed by atoms with Crippen LogP contribution in [0.3, 0.4) is 0 Å². The van der Waals surface area contributed by atoms with Crippen LogP contribution in [-0.2, 0) is 0 Å². The lowest BCUT2D eigenvalue weighted by molar-refractivity contribution is 0.354. The van der Waals surface area contributed by atoms with Gasteiger partial charge in [-0.3, -0.25) is 0 Å². The molecule has 2 nitrogen and oxygen atoms in total. The number of hydrogen-bond donors (Lipinski definition) is 1. The van der Waals surface area contributed by atoms with Crippen molar-refractivity contribution in [3.63, 3.8) is 0 Å². The standard InChI is InChI=1S/C15H20ClFN2/c16-12-8-13(17)10-14(9-12)19-7-3-6-18-15(11-19)4-1-2-5-15/h8-10,18H,1-7,11H2. The summed E-state index contributed by atoms with van der Waals surface area (Å²) in [6.45, 7) is 2.99. The number of rotatable bonds is 1. The van der Waals surface area contributed by atoms with Crippen molar-refractivity contribution in [3.05, 3.63) is 29.0 Å². The summed E-state index contributed by atoms with van der Waals surface area (Å²) >= 11 is 5.98. The van der Waals surface area contributed by atoms with Gasteiger partial charge in [-0.2, -0.15) is 0 Å². The first-order valence-electron chi connectivity index (χ1n) is 7.13. The van der Waals surface area contributed by atoms with E-state index in [1.807, 2.05) is 6.07 Å². The minimum atomic E-state index is -0.250. The average molecular weight is 283 g/mol. The molecule has 0 radical (unpaired) electrons. The molecular weight excluding hydrogens is 263 g/mol. The average Bonchev–Trinajstić information content (AvgIpc) is 2.69. The number of anilines is 1. The predicted octanol–water partition coefficient (Wildman–Crippen LogP) is 3.59. The Bertz CT molecular complexity index is 437. The van der Waals surface area contributed by atoms with Gasteiger partial charge in [0.05, 0.1) is 0 Å². The number of hydrogen-bond acceptors (Lipinski definition) is 2. The summed E-state index contributed by atoms with van der Waals surface area (Å²) in [5.74, 6) is -0.250. The third kappa shape index (κ3) is 2.87. The molecule has 0 atom stereocenters. The zero-order valence-corrected chi connectivity index (χ0v) is 11.8. The molecule has 1 aromatic carbocycles. The van der Waals surface area contributed by atoms with Crippen LogP contribution in [0.15, 0.2) is 18.2 Å². The van der Waals surface area contributed by atoms with E-state index in [2.05, 4.69) is 10.2 Å². The van der Waals surface area contributed by atoms with Crippen LogP contribution in [0.2, 0.25) is 5.02 Å². The largest absolute Gasteiger partial charge is 0.370 e. The Hall–Kier alpha value is -0.800. The van der Waals surface area contributed by atoms with Crippen molar-refractivity contribution in [2.45, 2.75) is 37.6 Å². The van der Waals surface area contributed by atoms with Crippen LogP contribution >= 0.6 is 11.6 Å². The minimum absolute atomic E-state index is 0.231. The Morgan fingerprint density at radius 2 is 1.95 bits per heavy atom. The summed E-state index contributed by atoms with van der Waals surface area (Å²) in [4.78, 5) is 2.29. The fourth-order valence-electron chi connectivity index (χ4n) is 3.45. The Kier molecular flexibility index (Phi) is 3.68. The molecule has 1 aromatic rings. The van der Waals surface area contributed by atoms with E-state index in [1.54, 1.807) is 6.07 Å². The fourth-order valence-corrected chi connectivity index (χ4v) is 3.67. The highest BCUT2D eigenvalue weighted by Crippen LogP contribution is 2.33. The molecule has 1 aliphatic carbocycles. The minimum Gasteiger partial charge on any atom is -0.370 e. The maximum atomic E-state index is 13.5. The van der Waals surface area contributed by atoms with Crippen LogP contribution in [-0.4, -0.2) is 25.2 Å². The summed E-state index contributed by atoms with van der Waals surface area (Å²) in [5, 5.41) is 4.20. The first kappa shape index (κ1) is 13.2. The molecule has 0 aromatic heterocycles. The van der Waals surface area contributed by atoms with Gasteiger partial charge in [-0.15, -0.1) is 0 Å². The molecule has 2 aliphatic rings. The van der Waals surface area contributed by atoms with Gasteiger partial charge in [-0.05, 0) is 44.0 Å². The summed E-state index contributed by atoms with van der Waals surface area (Å²) in [6, 6.07) is 4.84. The maximum Gasteiger partial charge on any atom is 0.126 e. The number of nitrogens with one attached hydrogen (secondary N) is 1. The second kappa shape index (κ2) is 5.29.